The van der Waals surface area contributed by atoms with Gasteiger partial charge in [0.1, 0.15) is 5.69 Å². The first kappa shape index (κ1) is 17.6. The van der Waals surface area contributed by atoms with Gasteiger partial charge in [-0.2, -0.15) is 0 Å². The van der Waals surface area contributed by atoms with E-state index in [1.165, 1.54) is 12.1 Å². The lowest BCUT2D eigenvalue weighted by Crippen LogP contribution is -2.31. The number of carbonyl (C=O) groups excluding carboxylic acids is 2. The van der Waals surface area contributed by atoms with Crippen molar-refractivity contribution in [2.75, 3.05) is 6.61 Å². The molecule has 0 spiro atoms. The van der Waals surface area contributed by atoms with E-state index >= 15 is 0 Å². The smallest absolute Gasteiger partial charge is 0.356 e. The Balaban J connectivity index is 2.05. The quantitative estimate of drug-likeness (QED) is 0.794. The van der Waals surface area contributed by atoms with E-state index in [1.807, 2.05) is 4.72 Å². The lowest BCUT2D eigenvalue weighted by Gasteiger charge is -2.07. The van der Waals surface area contributed by atoms with Gasteiger partial charge >= 0.3 is 5.97 Å². The van der Waals surface area contributed by atoms with Gasteiger partial charge in [0.05, 0.1) is 17.9 Å². The van der Waals surface area contributed by atoms with E-state index in [0.717, 1.165) is 6.20 Å². The predicted molar refractivity (Wildman–Crippen MR) is 86.7 cm³/mol. The molecule has 0 aliphatic rings. The van der Waals surface area contributed by atoms with E-state index < -0.39 is 21.9 Å². The molecule has 2 aromatic rings. The molecule has 8 heteroatoms. The van der Waals surface area contributed by atoms with Gasteiger partial charge in [0, 0.05) is 6.20 Å². The van der Waals surface area contributed by atoms with Crippen molar-refractivity contribution in [3.05, 3.63) is 65.5 Å². The zero-order valence-electron chi connectivity index (χ0n) is 12.9. The number of rotatable bonds is 6. The average molecular weight is 348 g/mol. The van der Waals surface area contributed by atoms with Crippen LogP contribution in [-0.4, -0.2) is 31.9 Å². The monoisotopic (exact) mass is 348 g/mol. The fourth-order valence-corrected chi connectivity index (χ4v) is 2.99. The topological polar surface area (TPSA) is 102 Å². The third-order valence-electron chi connectivity index (χ3n) is 2.96. The average Bonchev–Trinajstić information content (AvgIpc) is 2.55. The van der Waals surface area contributed by atoms with Crippen LogP contribution in [0.25, 0.3) is 0 Å². The maximum Gasteiger partial charge on any atom is 0.356 e. The molecule has 24 heavy (non-hydrogen) atoms. The summed E-state index contributed by atoms with van der Waals surface area (Å²) in [7, 11) is -3.84. The van der Waals surface area contributed by atoms with Crippen molar-refractivity contribution in [2.24, 2.45) is 0 Å². The minimum Gasteiger partial charge on any atom is -0.461 e. The maximum absolute atomic E-state index is 12.0. The largest absolute Gasteiger partial charge is 0.461 e. The number of benzene rings is 1. The minimum atomic E-state index is -3.84. The van der Waals surface area contributed by atoms with Crippen LogP contribution < -0.4 is 4.72 Å². The fraction of sp³-hybridized carbons (Fsp3) is 0.188. The van der Waals surface area contributed by atoms with E-state index in [4.69, 9.17) is 4.74 Å². The van der Waals surface area contributed by atoms with E-state index in [0.29, 0.717) is 5.56 Å². The number of carbonyl (C=O) groups is 2. The minimum absolute atomic E-state index is 0.0275. The number of aromatic nitrogens is 1. The van der Waals surface area contributed by atoms with Gasteiger partial charge in [-0.1, -0.05) is 30.3 Å². The maximum atomic E-state index is 12.0. The Morgan fingerprint density at radius 2 is 1.83 bits per heavy atom. The first-order valence-corrected chi connectivity index (χ1v) is 8.78. The predicted octanol–water partition coefficient (Wildman–Crippen LogP) is 1.52. The summed E-state index contributed by atoms with van der Waals surface area (Å²) in [4.78, 5) is 27.3. The van der Waals surface area contributed by atoms with Crippen LogP contribution in [0.15, 0.2) is 48.7 Å². The highest BCUT2D eigenvalue weighted by Crippen LogP contribution is 2.06. The van der Waals surface area contributed by atoms with E-state index in [-0.39, 0.29) is 23.6 Å². The van der Waals surface area contributed by atoms with Crippen molar-refractivity contribution < 1.29 is 22.7 Å². The Labute approximate surface area is 139 Å². The summed E-state index contributed by atoms with van der Waals surface area (Å²) in [6.07, 6.45) is 1.12. The summed E-state index contributed by atoms with van der Waals surface area (Å²) >= 11 is 0. The molecule has 0 aliphatic heterocycles. The molecular weight excluding hydrogens is 332 g/mol. The second-order valence-electron chi connectivity index (χ2n) is 4.83. The molecule has 1 aromatic heterocycles. The van der Waals surface area contributed by atoms with Gasteiger partial charge in [0.25, 0.3) is 5.91 Å². The van der Waals surface area contributed by atoms with Crippen molar-refractivity contribution in [3.8, 4) is 0 Å². The summed E-state index contributed by atoms with van der Waals surface area (Å²) in [6.45, 7) is 1.87. The number of esters is 1. The van der Waals surface area contributed by atoms with Crippen LogP contribution in [0.2, 0.25) is 0 Å². The molecule has 1 heterocycles. The first-order valence-electron chi connectivity index (χ1n) is 7.13. The molecule has 126 valence electrons. The number of nitrogens with one attached hydrogen (secondary N) is 1. The standard InChI is InChI=1S/C16H16N2O5S/c1-2-23-16(20)14-9-8-13(10-17-14)15(19)18-24(21,22)11-12-6-4-3-5-7-12/h3-10H,2,11H2,1H3,(H,18,19). The first-order chi connectivity index (χ1) is 11.4. The second-order valence-corrected chi connectivity index (χ2v) is 6.55. The number of hydrogen-bond acceptors (Lipinski definition) is 6. The Morgan fingerprint density at radius 3 is 2.42 bits per heavy atom. The third kappa shape index (κ3) is 4.88. The van der Waals surface area contributed by atoms with Crippen LogP contribution in [0, 0.1) is 0 Å². The van der Waals surface area contributed by atoms with Gasteiger partial charge in [0.15, 0.2) is 0 Å². The molecular formula is C16H16N2O5S. The highest BCUT2D eigenvalue weighted by Gasteiger charge is 2.18. The Hall–Kier alpha value is -2.74. The number of pyridine rings is 1. The van der Waals surface area contributed by atoms with Gasteiger partial charge in [-0.05, 0) is 24.6 Å². The van der Waals surface area contributed by atoms with Gasteiger partial charge < -0.3 is 4.74 Å². The molecule has 0 radical (unpaired) electrons. The number of ether oxygens (including phenoxy) is 1. The summed E-state index contributed by atoms with van der Waals surface area (Å²) in [5.74, 6) is -1.73. The SMILES string of the molecule is CCOC(=O)c1ccc(C(=O)NS(=O)(=O)Cc2ccccc2)cn1. The number of amides is 1. The normalized spacial score (nSPS) is 10.9. The second kappa shape index (κ2) is 7.69. The zero-order valence-corrected chi connectivity index (χ0v) is 13.7. The molecule has 0 aliphatic carbocycles. The summed E-state index contributed by atoms with van der Waals surface area (Å²) in [5.41, 5.74) is 0.633. The molecule has 7 nitrogen and oxygen atoms in total. The van der Waals surface area contributed by atoms with Crippen molar-refractivity contribution in [3.63, 3.8) is 0 Å². The fourth-order valence-electron chi connectivity index (χ4n) is 1.88. The molecule has 0 fully saturated rings. The third-order valence-corrected chi connectivity index (χ3v) is 4.17. The lowest BCUT2D eigenvalue weighted by atomic mass is 10.2. The summed E-state index contributed by atoms with van der Waals surface area (Å²) in [5, 5.41) is 0. The molecule has 1 amide bonds. The summed E-state index contributed by atoms with van der Waals surface area (Å²) in [6, 6.07) is 11.1. The van der Waals surface area contributed by atoms with Crippen LogP contribution in [0.5, 0.6) is 0 Å². The Kier molecular flexibility index (Phi) is 5.64. The highest BCUT2D eigenvalue weighted by molar-refractivity contribution is 7.89. The molecule has 1 N–H and O–H groups in total. The van der Waals surface area contributed by atoms with E-state index in [1.54, 1.807) is 37.3 Å². The van der Waals surface area contributed by atoms with E-state index in [2.05, 4.69) is 4.98 Å². The van der Waals surface area contributed by atoms with Crippen LogP contribution in [0.1, 0.15) is 33.3 Å². The molecule has 0 saturated carbocycles. The van der Waals surface area contributed by atoms with Crippen LogP contribution in [0.3, 0.4) is 0 Å². The van der Waals surface area contributed by atoms with Crippen molar-refractivity contribution >= 4 is 21.9 Å². The summed E-state index contributed by atoms with van der Waals surface area (Å²) < 4.78 is 30.8. The van der Waals surface area contributed by atoms with Crippen LogP contribution >= 0.6 is 0 Å². The van der Waals surface area contributed by atoms with Crippen molar-refractivity contribution in [1.82, 2.24) is 9.71 Å². The van der Waals surface area contributed by atoms with Gasteiger partial charge in [-0.15, -0.1) is 0 Å². The number of nitrogens with zero attached hydrogens (tertiary/aromatic N) is 1. The molecule has 0 unspecified atom stereocenters. The Bertz CT molecular complexity index is 817. The zero-order chi connectivity index (χ0) is 17.6. The van der Waals surface area contributed by atoms with Gasteiger partial charge in [-0.25, -0.2) is 22.9 Å². The molecule has 0 saturated heterocycles. The van der Waals surface area contributed by atoms with Crippen LogP contribution in [0.4, 0.5) is 0 Å². The van der Waals surface area contributed by atoms with Crippen molar-refractivity contribution in [1.29, 1.82) is 0 Å². The van der Waals surface area contributed by atoms with Gasteiger partial charge in [0.2, 0.25) is 10.0 Å². The lowest BCUT2D eigenvalue weighted by molar-refractivity contribution is 0.0519. The molecule has 2 rings (SSSR count). The Morgan fingerprint density at radius 1 is 1.12 bits per heavy atom. The van der Waals surface area contributed by atoms with Crippen molar-refractivity contribution in [2.45, 2.75) is 12.7 Å². The highest BCUT2D eigenvalue weighted by atomic mass is 32.2. The van der Waals surface area contributed by atoms with Crippen LogP contribution in [-0.2, 0) is 20.5 Å². The molecule has 0 bridgehead atoms. The molecule has 0 atom stereocenters. The van der Waals surface area contributed by atoms with E-state index in [9.17, 15) is 18.0 Å². The number of sulfonamides is 1. The van der Waals surface area contributed by atoms with Gasteiger partial charge in [-0.3, -0.25) is 4.79 Å². The number of hydrogen-bond donors (Lipinski definition) is 1. The molecule has 1 aromatic carbocycles.